The molecule has 0 spiro atoms. The first-order valence-corrected chi connectivity index (χ1v) is 8.66. The molecule has 0 radical (unpaired) electrons. The summed E-state index contributed by atoms with van der Waals surface area (Å²) in [4.78, 5) is 20.4. The lowest BCUT2D eigenvalue weighted by Crippen LogP contribution is -2.10. The molecule has 0 N–H and O–H groups in total. The number of hydrogen-bond donors (Lipinski definition) is 0. The van der Waals surface area contributed by atoms with Crippen molar-refractivity contribution in [3.05, 3.63) is 47.2 Å². The molecule has 6 heteroatoms. The molecule has 0 aliphatic rings. The minimum absolute atomic E-state index is 0.0329. The van der Waals surface area contributed by atoms with E-state index in [1.54, 1.807) is 31.6 Å². The minimum atomic E-state index is -0.348. The molecule has 3 rings (SSSR count). The van der Waals surface area contributed by atoms with Gasteiger partial charge in [0.25, 0.3) is 0 Å². The second-order valence-corrected chi connectivity index (χ2v) is 5.96. The second kappa shape index (κ2) is 7.77. The molecule has 0 fully saturated rings. The van der Waals surface area contributed by atoms with Gasteiger partial charge in [0, 0.05) is 12.3 Å². The second-order valence-electron chi connectivity index (χ2n) is 5.08. The maximum Gasteiger partial charge on any atom is 0.312 e. The van der Waals surface area contributed by atoms with Gasteiger partial charge in [0.1, 0.15) is 5.75 Å². The van der Waals surface area contributed by atoms with Gasteiger partial charge in [-0.2, -0.15) is 0 Å². The molecule has 2 aromatic heterocycles. The first-order valence-electron chi connectivity index (χ1n) is 7.78. The molecule has 2 heterocycles. The highest BCUT2D eigenvalue weighted by atomic mass is 32.1. The Bertz CT molecular complexity index is 969. The number of thiazole rings is 1. The van der Waals surface area contributed by atoms with Crippen LogP contribution < -0.4 is 4.74 Å². The van der Waals surface area contributed by atoms with Gasteiger partial charge in [0.2, 0.25) is 0 Å². The topological polar surface area (TPSA) is 61.3 Å². The van der Waals surface area contributed by atoms with Crippen LogP contribution in [0.4, 0.5) is 0 Å². The lowest BCUT2D eigenvalue weighted by Gasteiger charge is -2.12. The summed E-state index contributed by atoms with van der Waals surface area (Å²) < 4.78 is 12.1. The van der Waals surface area contributed by atoms with Gasteiger partial charge in [-0.15, -0.1) is 17.3 Å². The quantitative estimate of drug-likeness (QED) is 0.514. The van der Waals surface area contributed by atoms with Crippen LogP contribution in [0.25, 0.3) is 10.2 Å². The van der Waals surface area contributed by atoms with Crippen molar-refractivity contribution in [1.29, 1.82) is 0 Å². The summed E-state index contributed by atoms with van der Waals surface area (Å²) in [5.74, 6) is 6.64. The molecule has 0 saturated carbocycles. The van der Waals surface area contributed by atoms with Crippen LogP contribution >= 0.6 is 11.3 Å². The third-order valence-electron chi connectivity index (χ3n) is 3.38. The smallest absolute Gasteiger partial charge is 0.312 e. The van der Waals surface area contributed by atoms with Crippen molar-refractivity contribution >= 4 is 27.5 Å². The summed E-state index contributed by atoms with van der Waals surface area (Å²) in [5, 5.41) is 0. The van der Waals surface area contributed by atoms with E-state index in [1.807, 2.05) is 18.2 Å². The number of aromatic nitrogens is 2. The van der Waals surface area contributed by atoms with Crippen molar-refractivity contribution in [2.24, 2.45) is 0 Å². The van der Waals surface area contributed by atoms with Gasteiger partial charge in [-0.05, 0) is 32.0 Å². The third-order valence-corrected chi connectivity index (χ3v) is 4.17. The van der Waals surface area contributed by atoms with Gasteiger partial charge in [-0.1, -0.05) is 5.92 Å². The van der Waals surface area contributed by atoms with Crippen LogP contribution in [0.3, 0.4) is 0 Å². The van der Waals surface area contributed by atoms with Crippen LogP contribution in [-0.2, 0) is 16.0 Å². The zero-order valence-electron chi connectivity index (χ0n) is 13.9. The van der Waals surface area contributed by atoms with Crippen molar-refractivity contribution in [2.75, 3.05) is 6.61 Å². The summed E-state index contributed by atoms with van der Waals surface area (Å²) in [5.41, 5.74) is 3.90. The molecule has 0 aliphatic heterocycles. The summed E-state index contributed by atoms with van der Waals surface area (Å²) in [6.07, 6.45) is 1.65. The van der Waals surface area contributed by atoms with E-state index in [2.05, 4.69) is 21.8 Å². The molecule has 0 aliphatic carbocycles. The lowest BCUT2D eigenvalue weighted by atomic mass is 10.1. The average Bonchev–Trinajstić information content (AvgIpc) is 3.06. The van der Waals surface area contributed by atoms with Crippen LogP contribution in [0.2, 0.25) is 0 Å². The molecular formula is C19H16N2O3S. The Hall–Kier alpha value is -2.91. The van der Waals surface area contributed by atoms with Crippen LogP contribution in [0.15, 0.2) is 36.0 Å². The Morgan fingerprint density at radius 1 is 1.28 bits per heavy atom. The number of benzene rings is 1. The fourth-order valence-corrected chi connectivity index (χ4v) is 3.04. The highest BCUT2D eigenvalue weighted by Gasteiger charge is 2.16. The van der Waals surface area contributed by atoms with E-state index in [4.69, 9.17) is 9.47 Å². The number of fused-ring (bicyclic) bond motifs is 1. The Labute approximate surface area is 149 Å². The van der Waals surface area contributed by atoms with E-state index in [1.165, 1.54) is 11.3 Å². The normalized spacial score (nSPS) is 10.2. The monoisotopic (exact) mass is 352 g/mol. The van der Waals surface area contributed by atoms with Crippen LogP contribution in [0, 0.1) is 11.8 Å². The number of nitrogens with zero attached hydrogens (tertiary/aromatic N) is 2. The average molecular weight is 352 g/mol. The van der Waals surface area contributed by atoms with Crippen molar-refractivity contribution in [3.63, 3.8) is 0 Å². The number of carbonyl (C=O) groups is 1. The van der Waals surface area contributed by atoms with E-state index in [0.717, 1.165) is 10.2 Å². The van der Waals surface area contributed by atoms with E-state index < -0.39 is 0 Å². The molecule has 126 valence electrons. The molecule has 0 unspecified atom stereocenters. The Balaban J connectivity index is 1.98. The molecule has 0 bridgehead atoms. The third kappa shape index (κ3) is 3.95. The standard InChI is InChI=1S/C19H16N2O3S/c1-3-5-13-8-9-20-16(11-18(22)23-4-2)19(13)24-14-6-7-15-17(10-14)25-12-21-15/h6-10,12H,4,11H2,1-2H3. The highest BCUT2D eigenvalue weighted by Crippen LogP contribution is 2.31. The van der Waals surface area contributed by atoms with Crippen LogP contribution in [0.5, 0.6) is 11.5 Å². The maximum absolute atomic E-state index is 11.9. The number of pyridine rings is 1. The molecule has 0 saturated heterocycles. The zero-order chi connectivity index (χ0) is 17.6. The Morgan fingerprint density at radius 2 is 2.16 bits per heavy atom. The maximum atomic E-state index is 11.9. The number of ether oxygens (including phenoxy) is 2. The molecule has 25 heavy (non-hydrogen) atoms. The molecular weight excluding hydrogens is 336 g/mol. The zero-order valence-corrected chi connectivity index (χ0v) is 14.7. The van der Waals surface area contributed by atoms with Gasteiger partial charge in [0.05, 0.1) is 40.0 Å². The van der Waals surface area contributed by atoms with Gasteiger partial charge in [-0.25, -0.2) is 4.98 Å². The molecule has 1 aromatic carbocycles. The van der Waals surface area contributed by atoms with Gasteiger partial charge in [0.15, 0.2) is 5.75 Å². The predicted molar refractivity (Wildman–Crippen MR) is 96.8 cm³/mol. The van der Waals surface area contributed by atoms with Crippen molar-refractivity contribution in [2.45, 2.75) is 20.3 Å². The molecule has 0 amide bonds. The summed E-state index contributed by atoms with van der Waals surface area (Å²) in [7, 11) is 0. The first kappa shape index (κ1) is 16.9. The largest absolute Gasteiger partial charge is 0.466 e. The Morgan fingerprint density at radius 3 is 2.96 bits per heavy atom. The molecule has 5 nitrogen and oxygen atoms in total. The van der Waals surface area contributed by atoms with Crippen LogP contribution in [-0.4, -0.2) is 22.5 Å². The molecule has 0 atom stereocenters. The van der Waals surface area contributed by atoms with E-state index >= 15 is 0 Å². The predicted octanol–water partition coefficient (Wildman–Crippen LogP) is 3.96. The van der Waals surface area contributed by atoms with E-state index in [0.29, 0.717) is 29.4 Å². The van der Waals surface area contributed by atoms with Crippen LogP contribution in [0.1, 0.15) is 25.1 Å². The number of esters is 1. The summed E-state index contributed by atoms with van der Waals surface area (Å²) >= 11 is 1.54. The van der Waals surface area contributed by atoms with Crippen molar-refractivity contribution < 1.29 is 14.3 Å². The fourth-order valence-electron chi connectivity index (χ4n) is 2.33. The fraction of sp³-hybridized carbons (Fsp3) is 0.211. The van der Waals surface area contributed by atoms with E-state index in [9.17, 15) is 4.79 Å². The van der Waals surface area contributed by atoms with Gasteiger partial charge < -0.3 is 9.47 Å². The summed E-state index contributed by atoms with van der Waals surface area (Å²) in [6, 6.07) is 7.42. The van der Waals surface area contributed by atoms with Gasteiger partial charge >= 0.3 is 5.97 Å². The van der Waals surface area contributed by atoms with Crippen molar-refractivity contribution in [3.8, 4) is 23.3 Å². The van der Waals surface area contributed by atoms with Crippen molar-refractivity contribution in [1.82, 2.24) is 9.97 Å². The first-order chi connectivity index (χ1) is 12.2. The molecule has 3 aromatic rings. The lowest BCUT2D eigenvalue weighted by molar-refractivity contribution is -0.142. The van der Waals surface area contributed by atoms with E-state index in [-0.39, 0.29) is 12.4 Å². The summed E-state index contributed by atoms with van der Waals surface area (Å²) in [6.45, 7) is 3.84. The number of hydrogen-bond acceptors (Lipinski definition) is 6. The number of carbonyl (C=O) groups excluding carboxylic acids is 1. The number of rotatable bonds is 5. The van der Waals surface area contributed by atoms with Gasteiger partial charge in [-0.3, -0.25) is 9.78 Å². The Kier molecular flexibility index (Phi) is 5.26. The highest BCUT2D eigenvalue weighted by molar-refractivity contribution is 7.16. The SMILES string of the molecule is CC#Cc1ccnc(CC(=O)OCC)c1Oc1ccc2ncsc2c1. The minimum Gasteiger partial charge on any atom is -0.466 e.